The minimum atomic E-state index is -0.790. The van der Waals surface area contributed by atoms with Crippen molar-refractivity contribution in [1.29, 1.82) is 0 Å². The summed E-state index contributed by atoms with van der Waals surface area (Å²) in [7, 11) is 0. The molecule has 1 aromatic heterocycles. The first-order valence-electron chi connectivity index (χ1n) is 10.6. The van der Waals surface area contributed by atoms with Gasteiger partial charge in [-0.2, -0.15) is 0 Å². The number of oxime groups is 1. The van der Waals surface area contributed by atoms with Crippen LogP contribution in [0, 0.1) is 11.7 Å². The van der Waals surface area contributed by atoms with E-state index in [9.17, 15) is 14.4 Å². The first-order chi connectivity index (χ1) is 16.0. The van der Waals surface area contributed by atoms with Gasteiger partial charge < -0.3 is 14.7 Å². The summed E-state index contributed by atoms with van der Waals surface area (Å²) in [6, 6.07) is 21.5. The highest BCUT2D eigenvalue weighted by molar-refractivity contribution is 6.13. The summed E-state index contributed by atoms with van der Waals surface area (Å²) in [5.41, 5.74) is 3.66. The monoisotopic (exact) mass is 444 g/mol. The van der Waals surface area contributed by atoms with Crippen molar-refractivity contribution < 1.29 is 23.9 Å². The molecule has 166 valence electrons. The summed E-state index contributed by atoms with van der Waals surface area (Å²) in [6.45, 7) is 1.46. The second kappa shape index (κ2) is 8.52. The average Bonchev–Trinajstić information content (AvgIpc) is 3.20. The molecular weight excluding hydrogens is 423 g/mol. The van der Waals surface area contributed by atoms with Gasteiger partial charge in [-0.1, -0.05) is 41.6 Å². The molecule has 3 aromatic carbocycles. The summed E-state index contributed by atoms with van der Waals surface area (Å²) in [5.74, 6) is -1.12. The topological polar surface area (TPSA) is 86.3 Å². The third kappa shape index (κ3) is 4.10. The SMILES string of the molecule is O=C(O)C1CN(Cc2ccc(-c3cc4cc(/C(=N/O)c5ccccc5)ccc4o3)c(F)c2)C1. The van der Waals surface area contributed by atoms with Crippen LogP contribution in [0.4, 0.5) is 4.39 Å². The van der Waals surface area contributed by atoms with Crippen molar-refractivity contribution in [3.05, 3.63) is 95.3 Å². The molecule has 0 aliphatic carbocycles. The standard InChI is InChI=1S/C26H21FN2O4/c27-22-10-16(13-29-14-20(15-29)26(30)31)6-8-21(22)24-12-19-11-18(7-9-23(19)33-24)25(28-32)17-4-2-1-3-5-17/h1-12,20,32H,13-15H2,(H,30,31)/b28-25+. The number of likely N-dealkylation sites (tertiary alicyclic amines) is 1. The molecule has 2 N–H and O–H groups in total. The van der Waals surface area contributed by atoms with Gasteiger partial charge in [0.15, 0.2) is 0 Å². The number of aliphatic carboxylic acids is 1. The minimum absolute atomic E-state index is 0.340. The van der Waals surface area contributed by atoms with E-state index >= 15 is 0 Å². The van der Waals surface area contributed by atoms with Gasteiger partial charge in [-0.25, -0.2) is 4.39 Å². The van der Waals surface area contributed by atoms with Crippen molar-refractivity contribution in [2.24, 2.45) is 11.1 Å². The van der Waals surface area contributed by atoms with Crippen molar-refractivity contribution in [3.63, 3.8) is 0 Å². The third-order valence-electron chi connectivity index (χ3n) is 5.95. The van der Waals surface area contributed by atoms with Gasteiger partial charge in [0.1, 0.15) is 22.9 Å². The molecule has 0 bridgehead atoms. The molecule has 6 nitrogen and oxygen atoms in total. The van der Waals surface area contributed by atoms with Crippen molar-refractivity contribution >= 4 is 22.7 Å². The lowest BCUT2D eigenvalue weighted by molar-refractivity contribution is -0.147. The van der Waals surface area contributed by atoms with Crippen molar-refractivity contribution in [2.75, 3.05) is 13.1 Å². The Labute approximate surface area is 189 Å². The second-order valence-electron chi connectivity index (χ2n) is 8.22. The second-order valence-corrected chi connectivity index (χ2v) is 8.22. The Morgan fingerprint density at radius 3 is 2.52 bits per heavy atom. The fourth-order valence-corrected chi connectivity index (χ4v) is 4.17. The first-order valence-corrected chi connectivity index (χ1v) is 10.6. The van der Waals surface area contributed by atoms with Gasteiger partial charge in [0, 0.05) is 36.1 Å². The van der Waals surface area contributed by atoms with Crippen molar-refractivity contribution in [1.82, 2.24) is 4.90 Å². The Morgan fingerprint density at radius 1 is 1.03 bits per heavy atom. The van der Waals surface area contributed by atoms with E-state index in [4.69, 9.17) is 9.52 Å². The maximum absolute atomic E-state index is 14.9. The van der Waals surface area contributed by atoms with Crippen molar-refractivity contribution in [3.8, 4) is 11.3 Å². The third-order valence-corrected chi connectivity index (χ3v) is 5.95. The fourth-order valence-electron chi connectivity index (χ4n) is 4.17. The average molecular weight is 444 g/mol. The highest BCUT2D eigenvalue weighted by atomic mass is 19.1. The lowest BCUT2D eigenvalue weighted by atomic mass is 9.99. The number of benzene rings is 3. The zero-order valence-electron chi connectivity index (χ0n) is 17.6. The summed E-state index contributed by atoms with van der Waals surface area (Å²) in [5, 5.41) is 22.8. The van der Waals surface area contributed by atoms with Gasteiger partial charge in [-0.05, 0) is 42.0 Å². The van der Waals surface area contributed by atoms with Crippen LogP contribution in [0.1, 0.15) is 16.7 Å². The molecule has 4 aromatic rings. The molecule has 0 spiro atoms. The number of nitrogens with zero attached hydrogens (tertiary/aromatic N) is 2. The lowest BCUT2D eigenvalue weighted by Gasteiger charge is -2.36. The summed E-state index contributed by atoms with van der Waals surface area (Å²) >= 11 is 0. The number of furan rings is 1. The van der Waals surface area contributed by atoms with Gasteiger partial charge in [-0.3, -0.25) is 9.69 Å². The molecule has 1 aliphatic heterocycles. The van der Waals surface area contributed by atoms with E-state index in [-0.39, 0.29) is 5.92 Å². The van der Waals surface area contributed by atoms with Gasteiger partial charge >= 0.3 is 5.97 Å². The molecule has 5 rings (SSSR count). The number of carbonyl (C=O) groups is 1. The zero-order valence-corrected chi connectivity index (χ0v) is 17.6. The molecule has 0 amide bonds. The number of fused-ring (bicyclic) bond motifs is 1. The fraction of sp³-hybridized carbons (Fsp3) is 0.154. The van der Waals surface area contributed by atoms with E-state index in [0.717, 1.165) is 16.5 Å². The van der Waals surface area contributed by atoms with Crippen LogP contribution in [-0.4, -0.2) is 40.0 Å². The predicted molar refractivity (Wildman–Crippen MR) is 122 cm³/mol. The number of hydrogen-bond acceptors (Lipinski definition) is 5. The Bertz CT molecular complexity index is 1360. The van der Waals surface area contributed by atoms with Crippen LogP contribution in [0.5, 0.6) is 0 Å². The van der Waals surface area contributed by atoms with E-state index in [1.54, 1.807) is 24.3 Å². The van der Waals surface area contributed by atoms with Gasteiger partial charge in [-0.15, -0.1) is 0 Å². The molecule has 1 saturated heterocycles. The van der Waals surface area contributed by atoms with E-state index in [0.29, 0.717) is 47.8 Å². The molecule has 2 heterocycles. The lowest BCUT2D eigenvalue weighted by Crippen LogP contribution is -2.49. The smallest absolute Gasteiger partial charge is 0.309 e. The number of carboxylic acids is 1. The zero-order chi connectivity index (χ0) is 22.9. The maximum atomic E-state index is 14.9. The quantitative estimate of drug-likeness (QED) is 0.249. The van der Waals surface area contributed by atoms with Gasteiger partial charge in [0.25, 0.3) is 0 Å². The number of rotatable bonds is 6. The van der Waals surface area contributed by atoms with Gasteiger partial charge in [0.2, 0.25) is 0 Å². The van der Waals surface area contributed by atoms with Crippen LogP contribution < -0.4 is 0 Å². The molecule has 0 saturated carbocycles. The Kier molecular flexibility index (Phi) is 5.40. The Hall–Kier alpha value is -3.97. The normalized spacial score (nSPS) is 15.0. The van der Waals surface area contributed by atoms with Crippen LogP contribution in [0.15, 0.2) is 82.4 Å². The molecule has 33 heavy (non-hydrogen) atoms. The Morgan fingerprint density at radius 2 is 1.82 bits per heavy atom. The van der Waals surface area contributed by atoms with E-state index < -0.39 is 11.8 Å². The highest BCUT2D eigenvalue weighted by Gasteiger charge is 2.32. The molecule has 1 aliphatic rings. The number of hydrogen-bond donors (Lipinski definition) is 2. The molecule has 1 fully saturated rings. The Balaban J connectivity index is 1.38. The van der Waals surface area contributed by atoms with Crippen LogP contribution in [-0.2, 0) is 11.3 Å². The van der Waals surface area contributed by atoms with E-state index in [1.165, 1.54) is 6.07 Å². The summed E-state index contributed by atoms with van der Waals surface area (Å²) in [4.78, 5) is 12.9. The van der Waals surface area contributed by atoms with Crippen molar-refractivity contribution in [2.45, 2.75) is 6.54 Å². The van der Waals surface area contributed by atoms with Gasteiger partial charge in [0.05, 0.1) is 11.5 Å². The van der Waals surface area contributed by atoms with E-state index in [2.05, 4.69) is 5.16 Å². The van der Waals surface area contributed by atoms with Crippen LogP contribution >= 0.6 is 0 Å². The van der Waals surface area contributed by atoms with Crippen LogP contribution in [0.3, 0.4) is 0 Å². The van der Waals surface area contributed by atoms with Crippen LogP contribution in [0.25, 0.3) is 22.3 Å². The summed E-state index contributed by atoms with van der Waals surface area (Å²) in [6.07, 6.45) is 0. The molecule has 0 unspecified atom stereocenters. The molecular formula is C26H21FN2O4. The molecule has 0 atom stereocenters. The molecule has 0 radical (unpaired) electrons. The highest BCUT2D eigenvalue weighted by Crippen LogP contribution is 2.31. The molecule has 7 heteroatoms. The first kappa shape index (κ1) is 20.9. The minimum Gasteiger partial charge on any atom is -0.481 e. The largest absolute Gasteiger partial charge is 0.481 e. The number of carboxylic acid groups (broad SMARTS) is 1. The summed E-state index contributed by atoms with van der Waals surface area (Å²) < 4.78 is 20.8. The van der Waals surface area contributed by atoms with E-state index in [1.807, 2.05) is 47.4 Å². The van der Waals surface area contributed by atoms with Crippen LogP contribution in [0.2, 0.25) is 0 Å². The maximum Gasteiger partial charge on any atom is 0.309 e. The predicted octanol–water partition coefficient (Wildman–Crippen LogP) is 4.98. The number of halogens is 1.